The van der Waals surface area contributed by atoms with Crippen LogP contribution in [0.15, 0.2) is 23.4 Å². The topological polar surface area (TPSA) is 124 Å². The lowest BCUT2D eigenvalue weighted by molar-refractivity contribution is -0.123. The normalized spacial score (nSPS) is 15.0. The van der Waals surface area contributed by atoms with Crippen LogP contribution in [0.3, 0.4) is 0 Å². The Labute approximate surface area is 202 Å². The van der Waals surface area contributed by atoms with E-state index in [-0.39, 0.29) is 30.4 Å². The van der Waals surface area contributed by atoms with E-state index in [1.165, 1.54) is 21.1 Å². The third-order valence-corrected chi connectivity index (χ3v) is 4.89. The number of ether oxygens (including phenoxy) is 3. The lowest BCUT2D eigenvalue weighted by Crippen LogP contribution is -2.46. The predicted octanol–water partition coefficient (Wildman–Crippen LogP) is 2.80. The summed E-state index contributed by atoms with van der Waals surface area (Å²) in [6.45, 7) is 11.2. The molecule has 2 N–H and O–H groups in total. The fourth-order valence-electron chi connectivity index (χ4n) is 3.20. The van der Waals surface area contributed by atoms with E-state index in [4.69, 9.17) is 19.0 Å². The third-order valence-electron chi connectivity index (χ3n) is 4.89. The molecule has 0 amide bonds. The molecule has 1 rings (SSSR count). The number of ketones is 1. The minimum atomic E-state index is -1.32. The van der Waals surface area contributed by atoms with E-state index < -0.39 is 29.7 Å². The van der Waals surface area contributed by atoms with Crippen LogP contribution in [0.25, 0.3) is 0 Å². The molecule has 9 nitrogen and oxygen atoms in total. The summed E-state index contributed by atoms with van der Waals surface area (Å²) in [5.74, 6) is -0.121. The summed E-state index contributed by atoms with van der Waals surface area (Å²) in [5.41, 5.74) is 0.574. The van der Waals surface area contributed by atoms with E-state index in [9.17, 15) is 19.8 Å². The number of esters is 1. The highest BCUT2D eigenvalue weighted by Crippen LogP contribution is 2.26. The van der Waals surface area contributed by atoms with Crippen LogP contribution in [-0.4, -0.2) is 73.4 Å². The molecular formula is C25H39NO8. The second-order valence-corrected chi connectivity index (χ2v) is 9.69. The van der Waals surface area contributed by atoms with Crippen LogP contribution in [0.5, 0.6) is 5.75 Å². The average Bonchev–Trinajstić information content (AvgIpc) is 2.75. The van der Waals surface area contributed by atoms with Gasteiger partial charge >= 0.3 is 5.97 Å². The molecule has 0 unspecified atom stereocenters. The van der Waals surface area contributed by atoms with Crippen molar-refractivity contribution in [1.82, 2.24) is 0 Å². The number of benzene rings is 1. The summed E-state index contributed by atoms with van der Waals surface area (Å²) in [5, 5.41) is 24.2. The first-order valence-electron chi connectivity index (χ1n) is 11.3. The standard InChI is InChI=1S/C25H39NO8/c1-15(2)13-33-20-12-18(24(30)32-8)10-9-17(20)11-19(28)14-34-26-21(22(29)16(3)27)23(31-7)25(4,5)6/h9-10,12,15-16,22-23,27,29H,11,13-14H2,1-8H3/b26-21+/t16-,22+,23-/m1/s1. The fraction of sp³-hybridized carbons (Fsp3) is 0.640. The quantitative estimate of drug-likeness (QED) is 0.250. The van der Waals surface area contributed by atoms with E-state index in [2.05, 4.69) is 5.16 Å². The highest BCUT2D eigenvalue weighted by atomic mass is 16.6. The maximum absolute atomic E-state index is 12.6. The van der Waals surface area contributed by atoms with E-state index in [0.29, 0.717) is 23.5 Å². The maximum Gasteiger partial charge on any atom is 0.337 e. The molecule has 0 saturated heterocycles. The van der Waals surface area contributed by atoms with Crippen LogP contribution in [-0.2, 0) is 25.5 Å². The molecule has 192 valence electrons. The van der Waals surface area contributed by atoms with Crippen molar-refractivity contribution in [2.45, 2.75) is 66.3 Å². The number of nitrogens with zero attached hydrogens (tertiary/aromatic N) is 1. The Kier molecular flexibility index (Phi) is 11.7. The summed E-state index contributed by atoms with van der Waals surface area (Å²) in [4.78, 5) is 29.8. The van der Waals surface area contributed by atoms with Gasteiger partial charge in [0.2, 0.25) is 0 Å². The highest BCUT2D eigenvalue weighted by Gasteiger charge is 2.35. The van der Waals surface area contributed by atoms with E-state index >= 15 is 0 Å². The van der Waals surface area contributed by atoms with Gasteiger partial charge in [0.1, 0.15) is 23.7 Å². The predicted molar refractivity (Wildman–Crippen MR) is 128 cm³/mol. The van der Waals surface area contributed by atoms with Crippen LogP contribution in [0.2, 0.25) is 0 Å². The minimum Gasteiger partial charge on any atom is -0.493 e. The zero-order valence-corrected chi connectivity index (χ0v) is 21.5. The van der Waals surface area contributed by atoms with Gasteiger partial charge in [0.25, 0.3) is 0 Å². The molecule has 0 bridgehead atoms. The monoisotopic (exact) mass is 481 g/mol. The van der Waals surface area contributed by atoms with Gasteiger partial charge in [-0.15, -0.1) is 0 Å². The van der Waals surface area contributed by atoms with Crippen molar-refractivity contribution >= 4 is 17.5 Å². The number of aliphatic hydroxyl groups excluding tert-OH is 2. The van der Waals surface area contributed by atoms with Gasteiger partial charge in [0.05, 0.1) is 25.4 Å². The second-order valence-electron chi connectivity index (χ2n) is 9.69. The van der Waals surface area contributed by atoms with Crippen molar-refractivity contribution < 1.29 is 38.9 Å². The number of rotatable bonds is 13. The van der Waals surface area contributed by atoms with E-state index in [1.807, 2.05) is 34.6 Å². The number of aliphatic hydroxyl groups is 2. The Morgan fingerprint density at radius 2 is 1.74 bits per heavy atom. The Hall–Kier alpha value is -2.49. The van der Waals surface area contributed by atoms with Crippen LogP contribution in [0.4, 0.5) is 0 Å². The Morgan fingerprint density at radius 1 is 1.09 bits per heavy atom. The zero-order valence-electron chi connectivity index (χ0n) is 21.5. The Bertz CT molecular complexity index is 842. The number of Topliss-reactive ketones (excluding diaryl/α,β-unsaturated/α-hetero) is 1. The first-order chi connectivity index (χ1) is 15.8. The molecule has 0 aliphatic carbocycles. The molecule has 0 heterocycles. The summed E-state index contributed by atoms with van der Waals surface area (Å²) in [7, 11) is 2.77. The average molecular weight is 482 g/mol. The molecule has 9 heteroatoms. The number of carbonyl (C=O) groups excluding carboxylic acids is 2. The van der Waals surface area contributed by atoms with Gasteiger partial charge < -0.3 is 29.3 Å². The number of carbonyl (C=O) groups is 2. The van der Waals surface area contributed by atoms with Gasteiger partial charge in [-0.2, -0.15) is 0 Å². The van der Waals surface area contributed by atoms with Crippen molar-refractivity contribution in [3.05, 3.63) is 29.3 Å². The molecule has 1 aromatic rings. The van der Waals surface area contributed by atoms with Gasteiger partial charge in [-0.3, -0.25) is 4.79 Å². The molecule has 1 aromatic carbocycles. The summed E-state index contributed by atoms with van der Waals surface area (Å²) in [6.07, 6.45) is -3.08. The number of methoxy groups -OCH3 is 2. The third kappa shape index (κ3) is 9.04. The Balaban J connectivity index is 3.02. The van der Waals surface area contributed by atoms with Crippen LogP contribution in [0, 0.1) is 11.3 Å². The van der Waals surface area contributed by atoms with Crippen molar-refractivity contribution in [3.63, 3.8) is 0 Å². The van der Waals surface area contributed by atoms with E-state index in [0.717, 1.165) is 0 Å². The van der Waals surface area contributed by atoms with Gasteiger partial charge in [-0.25, -0.2) is 4.79 Å². The van der Waals surface area contributed by atoms with Crippen molar-refractivity contribution in [2.24, 2.45) is 16.5 Å². The van der Waals surface area contributed by atoms with Crippen molar-refractivity contribution in [3.8, 4) is 5.75 Å². The maximum atomic E-state index is 12.6. The highest BCUT2D eigenvalue weighted by molar-refractivity contribution is 5.93. The summed E-state index contributed by atoms with van der Waals surface area (Å²) in [6, 6.07) is 4.77. The molecule has 0 fully saturated rings. The lowest BCUT2D eigenvalue weighted by Gasteiger charge is -2.32. The molecular weight excluding hydrogens is 442 g/mol. The summed E-state index contributed by atoms with van der Waals surface area (Å²) < 4.78 is 16.1. The van der Waals surface area contributed by atoms with Crippen LogP contribution >= 0.6 is 0 Å². The first-order valence-corrected chi connectivity index (χ1v) is 11.3. The fourth-order valence-corrected chi connectivity index (χ4v) is 3.20. The minimum absolute atomic E-state index is 0.00827. The SMILES string of the molecule is COC(=O)c1ccc(CC(=O)CO/N=C(\[C@@H](O)[C@@H](C)O)[C@@H](OC)C(C)(C)C)c(OCC(C)C)c1. The molecule has 34 heavy (non-hydrogen) atoms. The molecule has 3 atom stereocenters. The lowest BCUT2D eigenvalue weighted by atomic mass is 9.83. The van der Waals surface area contributed by atoms with Gasteiger partial charge in [0.15, 0.2) is 12.4 Å². The van der Waals surface area contributed by atoms with Crippen molar-refractivity contribution in [2.75, 3.05) is 27.4 Å². The molecule has 0 aliphatic rings. The largest absolute Gasteiger partial charge is 0.493 e. The van der Waals surface area contributed by atoms with Gasteiger partial charge in [-0.05, 0) is 30.4 Å². The van der Waals surface area contributed by atoms with Crippen LogP contribution < -0.4 is 4.74 Å². The van der Waals surface area contributed by atoms with Crippen molar-refractivity contribution in [1.29, 1.82) is 0 Å². The second kappa shape index (κ2) is 13.4. The molecule has 0 radical (unpaired) electrons. The first kappa shape index (κ1) is 29.5. The molecule has 0 saturated carbocycles. The number of hydrogen-bond donors (Lipinski definition) is 2. The molecule has 0 aliphatic heterocycles. The zero-order chi connectivity index (χ0) is 26.1. The molecule has 0 spiro atoms. The Morgan fingerprint density at radius 3 is 2.24 bits per heavy atom. The number of hydrogen-bond acceptors (Lipinski definition) is 9. The smallest absolute Gasteiger partial charge is 0.337 e. The van der Waals surface area contributed by atoms with Gasteiger partial charge in [-0.1, -0.05) is 45.8 Å². The van der Waals surface area contributed by atoms with E-state index in [1.54, 1.807) is 18.2 Å². The number of oxime groups is 1. The summed E-state index contributed by atoms with van der Waals surface area (Å²) >= 11 is 0. The van der Waals surface area contributed by atoms with Gasteiger partial charge in [0, 0.05) is 19.1 Å². The molecule has 0 aromatic heterocycles. The van der Waals surface area contributed by atoms with Crippen LogP contribution in [0.1, 0.15) is 57.5 Å².